The number of ether oxygens (including phenoxy) is 3. The minimum Gasteiger partial charge on any atom is -0.494 e. The maximum absolute atomic E-state index is 12.5. The Labute approximate surface area is 166 Å². The van der Waals surface area contributed by atoms with Crippen molar-refractivity contribution in [2.24, 2.45) is 0 Å². The summed E-state index contributed by atoms with van der Waals surface area (Å²) in [6.07, 6.45) is 1.24. The lowest BCUT2D eigenvalue weighted by Crippen LogP contribution is -2.48. The van der Waals surface area contributed by atoms with Gasteiger partial charge in [-0.25, -0.2) is 0 Å². The molecule has 0 bridgehead atoms. The van der Waals surface area contributed by atoms with Gasteiger partial charge in [0.2, 0.25) is 5.91 Å². The fourth-order valence-electron chi connectivity index (χ4n) is 3.32. The molecule has 3 rings (SSSR count). The molecule has 0 radical (unpaired) electrons. The number of carbonyl (C=O) groups excluding carboxylic acids is 1. The Morgan fingerprint density at radius 3 is 2.32 bits per heavy atom. The Kier molecular flexibility index (Phi) is 7.00. The first-order chi connectivity index (χ1) is 13.7. The lowest BCUT2D eigenvalue weighted by Gasteiger charge is -2.36. The zero-order chi connectivity index (χ0) is 19.8. The van der Waals surface area contributed by atoms with Crippen LogP contribution in [0.1, 0.15) is 12.8 Å². The van der Waals surface area contributed by atoms with Crippen LogP contribution in [0.25, 0.3) is 0 Å². The predicted molar refractivity (Wildman–Crippen MR) is 110 cm³/mol. The Bertz CT molecular complexity index is 758. The van der Waals surface area contributed by atoms with Crippen LogP contribution in [-0.4, -0.2) is 57.8 Å². The summed E-state index contributed by atoms with van der Waals surface area (Å²) in [5.74, 6) is 2.48. The molecule has 6 heteroatoms. The number of nitrogens with zero attached hydrogens (tertiary/aromatic N) is 2. The summed E-state index contributed by atoms with van der Waals surface area (Å²) in [5, 5.41) is 0. The van der Waals surface area contributed by atoms with E-state index in [1.54, 1.807) is 14.2 Å². The highest BCUT2D eigenvalue weighted by atomic mass is 16.5. The molecular formula is C22H28N2O4. The number of rotatable bonds is 8. The lowest BCUT2D eigenvalue weighted by atomic mass is 10.2. The fraction of sp³-hybridized carbons (Fsp3) is 0.409. The fourth-order valence-corrected chi connectivity index (χ4v) is 3.32. The number of carbonyl (C=O) groups is 1. The number of hydrogen-bond donors (Lipinski definition) is 0. The highest BCUT2D eigenvalue weighted by Crippen LogP contribution is 2.31. The standard InChI is InChI=1S/C22H28N2O4/c1-26-20-11-10-18(17-21(20)27-2)23-12-14-24(15-13-23)22(25)9-6-16-28-19-7-4-3-5-8-19/h3-5,7-8,10-11,17H,6,9,12-16H2,1-2H3. The molecule has 2 aromatic rings. The number of methoxy groups -OCH3 is 2. The van der Waals surface area contributed by atoms with Gasteiger partial charge in [0.15, 0.2) is 11.5 Å². The molecule has 0 unspecified atom stereocenters. The third kappa shape index (κ3) is 5.09. The maximum Gasteiger partial charge on any atom is 0.222 e. The molecule has 1 aliphatic rings. The van der Waals surface area contributed by atoms with Crippen molar-refractivity contribution in [2.75, 3.05) is 51.9 Å². The second-order valence-electron chi connectivity index (χ2n) is 6.67. The quantitative estimate of drug-likeness (QED) is 0.654. The molecule has 1 fully saturated rings. The molecule has 150 valence electrons. The molecular weight excluding hydrogens is 356 g/mol. The Hall–Kier alpha value is -2.89. The number of para-hydroxylation sites is 1. The zero-order valence-corrected chi connectivity index (χ0v) is 16.6. The van der Waals surface area contributed by atoms with Crippen molar-refractivity contribution in [3.8, 4) is 17.2 Å². The van der Waals surface area contributed by atoms with Gasteiger partial charge >= 0.3 is 0 Å². The van der Waals surface area contributed by atoms with Gasteiger partial charge in [0.1, 0.15) is 5.75 Å². The second kappa shape index (κ2) is 9.88. The van der Waals surface area contributed by atoms with E-state index < -0.39 is 0 Å². The van der Waals surface area contributed by atoms with Crippen LogP contribution < -0.4 is 19.1 Å². The van der Waals surface area contributed by atoms with Crippen LogP contribution in [0.5, 0.6) is 17.2 Å². The van der Waals surface area contributed by atoms with Gasteiger partial charge in [-0.2, -0.15) is 0 Å². The van der Waals surface area contributed by atoms with Gasteiger partial charge in [-0.15, -0.1) is 0 Å². The molecule has 1 heterocycles. The van der Waals surface area contributed by atoms with Crippen LogP contribution in [0.2, 0.25) is 0 Å². The molecule has 1 amide bonds. The first-order valence-electron chi connectivity index (χ1n) is 9.64. The Morgan fingerprint density at radius 1 is 0.929 bits per heavy atom. The summed E-state index contributed by atoms with van der Waals surface area (Å²) in [6.45, 7) is 3.63. The largest absolute Gasteiger partial charge is 0.494 e. The lowest BCUT2D eigenvalue weighted by molar-refractivity contribution is -0.131. The maximum atomic E-state index is 12.5. The van der Waals surface area contributed by atoms with Crippen LogP contribution in [0.3, 0.4) is 0 Å². The van der Waals surface area contributed by atoms with Crippen molar-refractivity contribution in [2.45, 2.75) is 12.8 Å². The van der Waals surface area contributed by atoms with E-state index in [1.807, 2.05) is 53.4 Å². The van der Waals surface area contributed by atoms with Crippen molar-refractivity contribution in [3.63, 3.8) is 0 Å². The Balaban J connectivity index is 1.42. The minimum atomic E-state index is 0.198. The number of benzene rings is 2. The smallest absolute Gasteiger partial charge is 0.222 e. The molecule has 6 nitrogen and oxygen atoms in total. The van der Waals surface area contributed by atoms with Crippen molar-refractivity contribution in [1.29, 1.82) is 0 Å². The van der Waals surface area contributed by atoms with Crippen LogP contribution >= 0.6 is 0 Å². The molecule has 0 spiro atoms. The second-order valence-corrected chi connectivity index (χ2v) is 6.67. The van der Waals surface area contributed by atoms with Crippen molar-refractivity contribution >= 4 is 11.6 Å². The van der Waals surface area contributed by atoms with Crippen LogP contribution in [-0.2, 0) is 4.79 Å². The van der Waals surface area contributed by atoms with Gasteiger partial charge < -0.3 is 24.0 Å². The third-order valence-electron chi connectivity index (χ3n) is 4.91. The summed E-state index contributed by atoms with van der Waals surface area (Å²) in [4.78, 5) is 16.7. The number of anilines is 1. The molecule has 0 atom stereocenters. The van der Waals surface area contributed by atoms with Crippen molar-refractivity contribution in [1.82, 2.24) is 4.90 Å². The van der Waals surface area contributed by atoms with E-state index in [1.165, 1.54) is 0 Å². The van der Waals surface area contributed by atoms with Crippen molar-refractivity contribution < 1.29 is 19.0 Å². The molecule has 0 aromatic heterocycles. The summed E-state index contributed by atoms with van der Waals surface area (Å²) >= 11 is 0. The number of piperazine rings is 1. The molecule has 1 aliphatic heterocycles. The molecule has 0 saturated carbocycles. The van der Waals surface area contributed by atoms with Gasteiger partial charge in [0, 0.05) is 44.4 Å². The molecule has 28 heavy (non-hydrogen) atoms. The zero-order valence-electron chi connectivity index (χ0n) is 16.6. The van der Waals surface area contributed by atoms with Gasteiger partial charge in [-0.05, 0) is 30.7 Å². The summed E-state index contributed by atoms with van der Waals surface area (Å²) in [7, 11) is 3.27. The minimum absolute atomic E-state index is 0.198. The summed E-state index contributed by atoms with van der Waals surface area (Å²) in [6, 6.07) is 15.6. The highest BCUT2D eigenvalue weighted by Gasteiger charge is 2.21. The summed E-state index contributed by atoms with van der Waals surface area (Å²) < 4.78 is 16.3. The van der Waals surface area contributed by atoms with E-state index in [-0.39, 0.29) is 5.91 Å². The normalized spacial score (nSPS) is 13.9. The molecule has 1 saturated heterocycles. The van der Waals surface area contributed by atoms with E-state index in [9.17, 15) is 4.79 Å². The third-order valence-corrected chi connectivity index (χ3v) is 4.91. The van der Waals surface area contributed by atoms with Gasteiger partial charge in [-0.3, -0.25) is 4.79 Å². The predicted octanol–water partition coefficient (Wildman–Crippen LogP) is 3.21. The molecule has 0 N–H and O–H groups in total. The van der Waals surface area contributed by atoms with E-state index in [2.05, 4.69) is 4.90 Å². The first-order valence-corrected chi connectivity index (χ1v) is 9.64. The van der Waals surface area contributed by atoms with Gasteiger partial charge in [0.05, 0.1) is 20.8 Å². The number of hydrogen-bond acceptors (Lipinski definition) is 5. The van der Waals surface area contributed by atoms with Gasteiger partial charge in [0.25, 0.3) is 0 Å². The molecule has 2 aromatic carbocycles. The monoisotopic (exact) mass is 384 g/mol. The van der Waals surface area contributed by atoms with E-state index >= 15 is 0 Å². The summed E-state index contributed by atoms with van der Waals surface area (Å²) in [5.41, 5.74) is 1.08. The van der Waals surface area contributed by atoms with Crippen LogP contribution in [0.15, 0.2) is 48.5 Å². The van der Waals surface area contributed by atoms with E-state index in [0.717, 1.165) is 55.5 Å². The Morgan fingerprint density at radius 2 is 1.64 bits per heavy atom. The average molecular weight is 384 g/mol. The number of amides is 1. The van der Waals surface area contributed by atoms with Crippen LogP contribution in [0, 0.1) is 0 Å². The van der Waals surface area contributed by atoms with Crippen LogP contribution in [0.4, 0.5) is 5.69 Å². The van der Waals surface area contributed by atoms with E-state index in [4.69, 9.17) is 14.2 Å². The van der Waals surface area contributed by atoms with Gasteiger partial charge in [-0.1, -0.05) is 18.2 Å². The van der Waals surface area contributed by atoms with E-state index in [0.29, 0.717) is 13.0 Å². The SMILES string of the molecule is COc1ccc(N2CCN(C(=O)CCCOc3ccccc3)CC2)cc1OC. The molecule has 0 aliphatic carbocycles. The topological polar surface area (TPSA) is 51.2 Å². The average Bonchev–Trinajstić information content (AvgIpc) is 2.77. The first kappa shape index (κ1) is 19.9. The van der Waals surface area contributed by atoms with Crippen molar-refractivity contribution in [3.05, 3.63) is 48.5 Å². The highest BCUT2D eigenvalue weighted by molar-refractivity contribution is 5.76.